The molecule has 1 saturated carbocycles. The van der Waals surface area contributed by atoms with E-state index in [9.17, 15) is 4.79 Å². The highest BCUT2D eigenvalue weighted by Crippen LogP contribution is 2.42. The first kappa shape index (κ1) is 13.4. The van der Waals surface area contributed by atoms with Crippen molar-refractivity contribution in [2.75, 3.05) is 25.9 Å². The Morgan fingerprint density at radius 2 is 2.20 bits per heavy atom. The average molecular weight is 277 g/mol. The van der Waals surface area contributed by atoms with Crippen LogP contribution in [0.2, 0.25) is 0 Å². The van der Waals surface area contributed by atoms with Crippen LogP contribution in [0.15, 0.2) is 0 Å². The van der Waals surface area contributed by atoms with Gasteiger partial charge < -0.3 is 16.0 Å². The normalized spacial score (nSPS) is 27.5. The molecule has 4 N–H and O–H groups in total. The first-order chi connectivity index (χ1) is 9.56. The van der Waals surface area contributed by atoms with Gasteiger partial charge in [-0.3, -0.25) is 9.89 Å². The van der Waals surface area contributed by atoms with Crippen LogP contribution in [0.3, 0.4) is 0 Å². The molecule has 6 heteroatoms. The second kappa shape index (κ2) is 5.09. The average Bonchev–Trinajstić information content (AvgIpc) is 3.16. The molecule has 2 heterocycles. The van der Waals surface area contributed by atoms with Crippen LogP contribution in [0.25, 0.3) is 0 Å². The second-order valence-corrected chi connectivity index (χ2v) is 6.28. The predicted octanol–water partition coefficient (Wildman–Crippen LogP) is 0.939. The lowest BCUT2D eigenvalue weighted by Gasteiger charge is -2.35. The molecule has 0 radical (unpaired) electrons. The van der Waals surface area contributed by atoms with E-state index >= 15 is 0 Å². The summed E-state index contributed by atoms with van der Waals surface area (Å²) < 4.78 is 0. The first-order valence-electron chi connectivity index (χ1n) is 7.39. The van der Waals surface area contributed by atoms with Gasteiger partial charge in [0.05, 0.1) is 11.4 Å². The third kappa shape index (κ3) is 2.52. The number of carbonyl (C=O) groups is 1. The predicted molar refractivity (Wildman–Crippen MR) is 77.5 cm³/mol. The largest absolute Gasteiger partial charge is 0.395 e. The molecule has 2 aliphatic rings. The Morgan fingerprint density at radius 1 is 1.45 bits per heavy atom. The van der Waals surface area contributed by atoms with E-state index in [1.54, 1.807) is 0 Å². The number of rotatable bonds is 3. The van der Waals surface area contributed by atoms with E-state index in [1.807, 2.05) is 0 Å². The fourth-order valence-corrected chi connectivity index (χ4v) is 3.03. The molecule has 2 atom stereocenters. The van der Waals surface area contributed by atoms with Crippen LogP contribution in [-0.2, 0) is 0 Å². The van der Waals surface area contributed by atoms with Gasteiger partial charge in [0.15, 0.2) is 5.69 Å². The van der Waals surface area contributed by atoms with Gasteiger partial charge in [0.25, 0.3) is 5.91 Å². The highest BCUT2D eigenvalue weighted by Gasteiger charge is 2.32. The molecule has 2 unspecified atom stereocenters. The Bertz CT molecular complexity index is 508. The molecule has 1 aliphatic heterocycles. The third-order valence-corrected chi connectivity index (χ3v) is 4.46. The van der Waals surface area contributed by atoms with Gasteiger partial charge in [0.1, 0.15) is 0 Å². The second-order valence-electron chi connectivity index (χ2n) is 6.28. The summed E-state index contributed by atoms with van der Waals surface area (Å²) in [4.78, 5) is 14.6. The minimum absolute atomic E-state index is 0.146. The van der Waals surface area contributed by atoms with Gasteiger partial charge in [-0.15, -0.1) is 0 Å². The Hall–Kier alpha value is -1.56. The lowest BCUT2D eigenvalue weighted by Crippen LogP contribution is -2.49. The number of nitrogen functional groups attached to an aromatic ring is 1. The standard InChI is InChI=1S/C14H23N5O/c1-8-7-19(2)6-5-10(8)16-14(20)13-11(15)12(17-18-13)9-3-4-9/h8-10H,3-7,15H2,1-2H3,(H,16,20)(H,17,18). The summed E-state index contributed by atoms with van der Waals surface area (Å²) in [5.74, 6) is 0.777. The van der Waals surface area contributed by atoms with E-state index < -0.39 is 0 Å². The number of nitrogens with two attached hydrogens (primary N) is 1. The maximum atomic E-state index is 12.3. The summed E-state index contributed by atoms with van der Waals surface area (Å²) in [5, 5.41) is 10.1. The summed E-state index contributed by atoms with van der Waals surface area (Å²) in [6.07, 6.45) is 3.25. The van der Waals surface area contributed by atoms with Crippen LogP contribution < -0.4 is 11.1 Å². The summed E-state index contributed by atoms with van der Waals surface area (Å²) in [6, 6.07) is 0.208. The van der Waals surface area contributed by atoms with Crippen LogP contribution >= 0.6 is 0 Å². The van der Waals surface area contributed by atoms with Crippen molar-refractivity contribution in [1.29, 1.82) is 0 Å². The van der Waals surface area contributed by atoms with Crippen LogP contribution in [0.4, 0.5) is 5.69 Å². The molecule has 0 aromatic carbocycles. The molecule has 1 saturated heterocycles. The van der Waals surface area contributed by atoms with E-state index in [4.69, 9.17) is 5.73 Å². The van der Waals surface area contributed by atoms with Crippen LogP contribution in [0, 0.1) is 5.92 Å². The number of piperidine rings is 1. The molecular formula is C14H23N5O. The first-order valence-corrected chi connectivity index (χ1v) is 7.39. The Morgan fingerprint density at radius 3 is 2.85 bits per heavy atom. The molecule has 0 bridgehead atoms. The summed E-state index contributed by atoms with van der Waals surface area (Å²) in [5.41, 5.74) is 7.87. The monoisotopic (exact) mass is 277 g/mol. The lowest BCUT2D eigenvalue weighted by atomic mass is 9.94. The van der Waals surface area contributed by atoms with E-state index in [-0.39, 0.29) is 11.9 Å². The molecule has 1 aromatic heterocycles. The number of hydrogen-bond donors (Lipinski definition) is 3. The zero-order chi connectivity index (χ0) is 14.3. The molecule has 110 valence electrons. The number of likely N-dealkylation sites (tertiary alicyclic amines) is 1. The molecular weight excluding hydrogens is 254 g/mol. The highest BCUT2D eigenvalue weighted by atomic mass is 16.2. The smallest absolute Gasteiger partial charge is 0.274 e. The van der Waals surface area contributed by atoms with Gasteiger partial charge in [0, 0.05) is 18.5 Å². The van der Waals surface area contributed by atoms with Crippen molar-refractivity contribution in [3.63, 3.8) is 0 Å². The molecule has 1 amide bonds. The number of hydrogen-bond acceptors (Lipinski definition) is 4. The Labute approximate surface area is 119 Å². The minimum Gasteiger partial charge on any atom is -0.395 e. The number of anilines is 1. The van der Waals surface area contributed by atoms with Crippen LogP contribution in [0.5, 0.6) is 0 Å². The molecule has 20 heavy (non-hydrogen) atoms. The van der Waals surface area contributed by atoms with Gasteiger partial charge in [-0.2, -0.15) is 5.10 Å². The van der Waals surface area contributed by atoms with E-state index in [1.165, 1.54) is 0 Å². The summed E-state index contributed by atoms with van der Waals surface area (Å²) in [6.45, 7) is 4.19. The van der Waals surface area contributed by atoms with Crippen molar-refractivity contribution in [3.8, 4) is 0 Å². The number of carbonyl (C=O) groups excluding carboxylic acids is 1. The van der Waals surface area contributed by atoms with Crippen LogP contribution in [-0.4, -0.2) is 47.2 Å². The number of H-pyrrole nitrogens is 1. The maximum absolute atomic E-state index is 12.3. The lowest BCUT2D eigenvalue weighted by molar-refractivity contribution is 0.0879. The van der Waals surface area contributed by atoms with Crippen molar-refractivity contribution in [2.45, 2.75) is 38.1 Å². The number of amides is 1. The zero-order valence-corrected chi connectivity index (χ0v) is 12.1. The van der Waals surface area contributed by atoms with Crippen molar-refractivity contribution in [3.05, 3.63) is 11.4 Å². The molecule has 1 aromatic rings. The van der Waals surface area contributed by atoms with E-state index in [0.717, 1.165) is 38.0 Å². The fraction of sp³-hybridized carbons (Fsp3) is 0.714. The SMILES string of the molecule is CC1CN(C)CCC1NC(=O)c1n[nH]c(C2CC2)c1N. The van der Waals surface area contributed by atoms with Crippen molar-refractivity contribution < 1.29 is 4.79 Å². The summed E-state index contributed by atoms with van der Waals surface area (Å²) >= 11 is 0. The Kier molecular flexibility index (Phi) is 3.41. The summed E-state index contributed by atoms with van der Waals surface area (Å²) in [7, 11) is 2.11. The van der Waals surface area contributed by atoms with Gasteiger partial charge in [-0.1, -0.05) is 6.92 Å². The minimum atomic E-state index is -0.146. The van der Waals surface area contributed by atoms with Crippen LogP contribution in [0.1, 0.15) is 48.3 Å². The van der Waals surface area contributed by atoms with Crippen molar-refractivity contribution in [1.82, 2.24) is 20.4 Å². The quantitative estimate of drug-likeness (QED) is 0.767. The molecule has 0 spiro atoms. The van der Waals surface area contributed by atoms with Gasteiger partial charge in [-0.05, 0) is 38.8 Å². The number of aromatic nitrogens is 2. The molecule has 1 aliphatic carbocycles. The molecule has 6 nitrogen and oxygen atoms in total. The Balaban J connectivity index is 1.67. The van der Waals surface area contributed by atoms with E-state index in [0.29, 0.717) is 23.2 Å². The number of aromatic amines is 1. The van der Waals surface area contributed by atoms with Crippen molar-refractivity contribution >= 4 is 11.6 Å². The molecule has 2 fully saturated rings. The third-order valence-electron chi connectivity index (χ3n) is 4.46. The fourth-order valence-electron chi connectivity index (χ4n) is 3.03. The van der Waals surface area contributed by atoms with Gasteiger partial charge in [-0.25, -0.2) is 0 Å². The topological polar surface area (TPSA) is 87.0 Å². The van der Waals surface area contributed by atoms with Gasteiger partial charge in [0.2, 0.25) is 0 Å². The maximum Gasteiger partial charge on any atom is 0.274 e. The van der Waals surface area contributed by atoms with E-state index in [2.05, 4.69) is 34.4 Å². The van der Waals surface area contributed by atoms with Gasteiger partial charge >= 0.3 is 0 Å². The zero-order valence-electron chi connectivity index (χ0n) is 12.1. The molecule has 3 rings (SSSR count). The number of nitrogens with zero attached hydrogens (tertiary/aromatic N) is 2. The highest BCUT2D eigenvalue weighted by molar-refractivity contribution is 5.97. The van der Waals surface area contributed by atoms with Crippen molar-refractivity contribution in [2.24, 2.45) is 5.92 Å². The number of nitrogens with one attached hydrogen (secondary N) is 2.